The Bertz CT molecular complexity index is 461. The molecule has 1 aromatic rings. The Kier molecular flexibility index (Phi) is 4.01. The average molecular weight is 265 g/mol. The number of nitrogens with one attached hydrogen (secondary N) is 1. The number of carboxylic acid groups (broad SMARTS) is 2. The van der Waals surface area contributed by atoms with E-state index in [1.54, 1.807) is 24.3 Å². The van der Waals surface area contributed by atoms with E-state index in [0.717, 1.165) is 0 Å². The Balaban J connectivity index is 2.10. The van der Waals surface area contributed by atoms with E-state index in [0.29, 0.717) is 12.3 Å². The molecule has 0 aromatic heterocycles. The van der Waals surface area contributed by atoms with Gasteiger partial charge in [0.05, 0.1) is 6.42 Å². The van der Waals surface area contributed by atoms with E-state index in [9.17, 15) is 9.59 Å². The zero-order valence-corrected chi connectivity index (χ0v) is 10.2. The van der Waals surface area contributed by atoms with E-state index in [1.807, 2.05) is 6.07 Å². The summed E-state index contributed by atoms with van der Waals surface area (Å²) in [4.78, 5) is 21.9. The second-order valence-corrected chi connectivity index (χ2v) is 4.46. The summed E-state index contributed by atoms with van der Waals surface area (Å²) < 4.78 is 5.68. The largest absolute Gasteiger partial charge is 0.489 e. The fourth-order valence-electron chi connectivity index (χ4n) is 2.28. The Labute approximate surface area is 110 Å². The van der Waals surface area contributed by atoms with Gasteiger partial charge >= 0.3 is 11.9 Å². The molecule has 0 bridgehead atoms. The van der Waals surface area contributed by atoms with Gasteiger partial charge in [0.2, 0.25) is 0 Å². The molecule has 2 rings (SSSR count). The van der Waals surface area contributed by atoms with Crippen LogP contribution in [0.3, 0.4) is 0 Å². The van der Waals surface area contributed by atoms with Crippen LogP contribution in [0.2, 0.25) is 0 Å². The zero-order valence-electron chi connectivity index (χ0n) is 10.2. The summed E-state index contributed by atoms with van der Waals surface area (Å²) in [7, 11) is 0. The van der Waals surface area contributed by atoms with Crippen LogP contribution in [-0.4, -0.2) is 40.8 Å². The number of hydrogen-bond donors (Lipinski definition) is 3. The highest BCUT2D eigenvalue weighted by molar-refractivity contribution is 5.76. The molecule has 0 aliphatic carbocycles. The molecule has 1 unspecified atom stereocenters. The van der Waals surface area contributed by atoms with E-state index in [-0.39, 0.29) is 6.42 Å². The van der Waals surface area contributed by atoms with Crippen molar-refractivity contribution < 1.29 is 24.5 Å². The van der Waals surface area contributed by atoms with Crippen LogP contribution in [0.1, 0.15) is 6.42 Å². The maximum atomic E-state index is 11.1. The van der Waals surface area contributed by atoms with Crippen LogP contribution in [0.25, 0.3) is 0 Å². The third kappa shape index (κ3) is 3.23. The van der Waals surface area contributed by atoms with Crippen molar-refractivity contribution in [2.24, 2.45) is 5.92 Å². The number of carboxylic acids is 2. The van der Waals surface area contributed by atoms with E-state index in [4.69, 9.17) is 14.9 Å². The first-order valence-corrected chi connectivity index (χ1v) is 5.97. The highest BCUT2D eigenvalue weighted by atomic mass is 16.5. The van der Waals surface area contributed by atoms with Gasteiger partial charge in [0, 0.05) is 12.5 Å². The minimum absolute atomic E-state index is 0.235. The van der Waals surface area contributed by atoms with Gasteiger partial charge in [-0.15, -0.1) is 0 Å². The molecule has 1 fully saturated rings. The van der Waals surface area contributed by atoms with Crippen LogP contribution in [0.15, 0.2) is 30.3 Å². The topological polar surface area (TPSA) is 95.9 Å². The molecule has 6 heteroatoms. The molecule has 1 aliphatic heterocycles. The SMILES string of the molecule is O=C(O)CC1[C@@H](C(=O)O)NC[C@H]1Oc1ccccc1. The van der Waals surface area contributed by atoms with Crippen molar-refractivity contribution in [3.63, 3.8) is 0 Å². The monoisotopic (exact) mass is 265 g/mol. The van der Waals surface area contributed by atoms with Gasteiger partial charge in [-0.2, -0.15) is 0 Å². The van der Waals surface area contributed by atoms with Crippen molar-refractivity contribution in [2.45, 2.75) is 18.6 Å². The molecule has 0 spiro atoms. The maximum Gasteiger partial charge on any atom is 0.321 e. The van der Waals surface area contributed by atoms with Gasteiger partial charge < -0.3 is 20.3 Å². The zero-order chi connectivity index (χ0) is 13.8. The summed E-state index contributed by atoms with van der Waals surface area (Å²) in [6.45, 7) is 0.323. The molecular weight excluding hydrogens is 250 g/mol. The molecule has 3 atom stereocenters. The summed E-state index contributed by atoms with van der Waals surface area (Å²) in [5.74, 6) is -2.06. The van der Waals surface area contributed by atoms with Crippen LogP contribution in [0.4, 0.5) is 0 Å². The number of ether oxygens (including phenoxy) is 1. The molecule has 1 saturated heterocycles. The highest BCUT2D eigenvalue weighted by Gasteiger charge is 2.42. The van der Waals surface area contributed by atoms with Crippen LogP contribution < -0.4 is 10.1 Å². The molecule has 102 valence electrons. The quantitative estimate of drug-likeness (QED) is 0.720. The summed E-state index contributed by atoms with van der Waals surface area (Å²) in [5, 5.41) is 20.7. The minimum Gasteiger partial charge on any atom is -0.489 e. The van der Waals surface area contributed by atoms with Gasteiger partial charge in [-0.1, -0.05) is 18.2 Å². The van der Waals surface area contributed by atoms with Gasteiger partial charge in [0.25, 0.3) is 0 Å². The summed E-state index contributed by atoms with van der Waals surface area (Å²) in [6, 6.07) is 8.08. The molecule has 3 N–H and O–H groups in total. The molecule has 0 saturated carbocycles. The molecule has 1 aliphatic rings. The second-order valence-electron chi connectivity index (χ2n) is 4.46. The highest BCUT2D eigenvalue weighted by Crippen LogP contribution is 2.25. The number of carbonyl (C=O) groups is 2. The van der Waals surface area contributed by atoms with Crippen molar-refractivity contribution in [1.29, 1.82) is 0 Å². The van der Waals surface area contributed by atoms with Crippen LogP contribution in [0.5, 0.6) is 5.75 Å². The van der Waals surface area contributed by atoms with Crippen molar-refractivity contribution in [2.75, 3.05) is 6.54 Å². The maximum absolute atomic E-state index is 11.1. The van der Waals surface area contributed by atoms with Crippen molar-refractivity contribution >= 4 is 11.9 Å². The molecule has 19 heavy (non-hydrogen) atoms. The Morgan fingerprint density at radius 3 is 2.53 bits per heavy atom. The minimum atomic E-state index is -1.05. The molecule has 0 amide bonds. The first-order chi connectivity index (χ1) is 9.08. The van der Waals surface area contributed by atoms with Gasteiger partial charge in [0.1, 0.15) is 17.9 Å². The number of hydrogen-bond acceptors (Lipinski definition) is 4. The fraction of sp³-hybridized carbons (Fsp3) is 0.385. The predicted octanol–water partition coefficient (Wildman–Crippen LogP) is 0.581. The number of benzene rings is 1. The number of aliphatic carboxylic acids is 2. The standard InChI is InChI=1S/C13H15NO5/c15-11(16)6-9-10(7-14-12(9)13(17)18)19-8-4-2-1-3-5-8/h1-5,9-10,12,14H,6-7H2,(H,15,16)(H,17,18)/t9?,10-,12+/m1/s1. The predicted molar refractivity (Wildman–Crippen MR) is 66.0 cm³/mol. The van der Waals surface area contributed by atoms with Gasteiger partial charge in [-0.05, 0) is 12.1 Å². The first-order valence-electron chi connectivity index (χ1n) is 5.97. The molecular formula is C13H15NO5. The normalized spacial score (nSPS) is 26.0. The number of rotatable bonds is 5. The van der Waals surface area contributed by atoms with E-state index < -0.39 is 30.0 Å². The average Bonchev–Trinajstić information content (AvgIpc) is 2.73. The van der Waals surface area contributed by atoms with Gasteiger partial charge in [0.15, 0.2) is 0 Å². The van der Waals surface area contributed by atoms with Crippen molar-refractivity contribution in [3.8, 4) is 5.75 Å². The fourth-order valence-corrected chi connectivity index (χ4v) is 2.28. The Morgan fingerprint density at radius 1 is 1.26 bits per heavy atom. The second kappa shape index (κ2) is 5.71. The van der Waals surface area contributed by atoms with E-state index in [2.05, 4.69) is 5.32 Å². The number of para-hydroxylation sites is 1. The summed E-state index contributed by atoms with van der Waals surface area (Å²) >= 11 is 0. The molecule has 0 radical (unpaired) electrons. The molecule has 6 nitrogen and oxygen atoms in total. The Morgan fingerprint density at radius 2 is 1.95 bits per heavy atom. The lowest BCUT2D eigenvalue weighted by atomic mass is 9.94. The molecule has 1 aromatic carbocycles. The van der Waals surface area contributed by atoms with E-state index in [1.165, 1.54) is 0 Å². The lowest BCUT2D eigenvalue weighted by Gasteiger charge is -2.21. The summed E-state index contributed by atoms with van der Waals surface area (Å²) in [5.41, 5.74) is 0. The molecule has 1 heterocycles. The lowest BCUT2D eigenvalue weighted by Crippen LogP contribution is -2.38. The third-order valence-corrected chi connectivity index (χ3v) is 3.15. The van der Waals surface area contributed by atoms with Crippen LogP contribution in [0, 0.1) is 5.92 Å². The third-order valence-electron chi connectivity index (χ3n) is 3.15. The smallest absolute Gasteiger partial charge is 0.321 e. The lowest BCUT2D eigenvalue weighted by molar-refractivity contribution is -0.142. The van der Waals surface area contributed by atoms with Crippen LogP contribution in [-0.2, 0) is 9.59 Å². The summed E-state index contributed by atoms with van der Waals surface area (Å²) in [6.07, 6.45) is -0.693. The van der Waals surface area contributed by atoms with Gasteiger partial charge in [-0.3, -0.25) is 9.59 Å². The van der Waals surface area contributed by atoms with E-state index >= 15 is 0 Å². The van der Waals surface area contributed by atoms with Gasteiger partial charge in [-0.25, -0.2) is 0 Å². The Hall–Kier alpha value is -2.08. The van der Waals surface area contributed by atoms with Crippen molar-refractivity contribution in [3.05, 3.63) is 30.3 Å². The van der Waals surface area contributed by atoms with Crippen LogP contribution >= 0.6 is 0 Å². The van der Waals surface area contributed by atoms with Crippen molar-refractivity contribution in [1.82, 2.24) is 5.32 Å². The first kappa shape index (κ1) is 13.4.